The van der Waals surface area contributed by atoms with Crippen LogP contribution in [0.25, 0.3) is 0 Å². The second kappa shape index (κ2) is 4.59. The van der Waals surface area contributed by atoms with Crippen LogP contribution in [0.3, 0.4) is 0 Å². The smallest absolute Gasteiger partial charge is 0.233 e. The molecule has 0 bridgehead atoms. The maximum Gasteiger partial charge on any atom is 0.233 e. The van der Waals surface area contributed by atoms with E-state index >= 15 is 0 Å². The molecule has 1 atom stereocenters. The molecule has 6 heteroatoms. The molecule has 2 saturated heterocycles. The van der Waals surface area contributed by atoms with Gasteiger partial charge in [0.15, 0.2) is 0 Å². The van der Waals surface area contributed by atoms with Crippen LogP contribution in [0.5, 0.6) is 0 Å². The maximum absolute atomic E-state index is 12.2. The van der Waals surface area contributed by atoms with Gasteiger partial charge in [0.25, 0.3) is 0 Å². The summed E-state index contributed by atoms with van der Waals surface area (Å²) in [5.74, 6) is -0.509. The molecule has 5 nitrogen and oxygen atoms in total. The minimum Gasteiger partial charge on any atom is -0.391 e. The number of carbonyl (C=O) groups excluding carboxylic acids is 2. The molecule has 0 aliphatic carbocycles. The van der Waals surface area contributed by atoms with Crippen LogP contribution in [-0.2, 0) is 9.59 Å². The van der Waals surface area contributed by atoms with E-state index in [1.807, 2.05) is 7.05 Å². The second-order valence-electron chi connectivity index (χ2n) is 5.37. The SMILES string of the molecule is CC1CC(=O)N(C2(C(N)=S)CCN(C)CC2)C1=O. The Balaban J connectivity index is 2.34. The fourth-order valence-corrected chi connectivity index (χ4v) is 3.10. The molecule has 0 saturated carbocycles. The summed E-state index contributed by atoms with van der Waals surface area (Å²) < 4.78 is 0. The average molecular weight is 269 g/mol. The molecule has 0 aromatic carbocycles. The van der Waals surface area contributed by atoms with Crippen LogP contribution in [0.1, 0.15) is 26.2 Å². The fraction of sp³-hybridized carbons (Fsp3) is 0.750. The Morgan fingerprint density at radius 1 is 1.39 bits per heavy atom. The van der Waals surface area contributed by atoms with Gasteiger partial charge in [0, 0.05) is 25.4 Å². The van der Waals surface area contributed by atoms with Gasteiger partial charge in [-0.15, -0.1) is 0 Å². The van der Waals surface area contributed by atoms with Gasteiger partial charge in [-0.3, -0.25) is 14.5 Å². The van der Waals surface area contributed by atoms with Crippen molar-refractivity contribution in [2.45, 2.75) is 31.7 Å². The molecule has 0 aromatic rings. The van der Waals surface area contributed by atoms with Crippen molar-refractivity contribution in [2.24, 2.45) is 11.7 Å². The quantitative estimate of drug-likeness (QED) is 0.570. The highest BCUT2D eigenvalue weighted by Gasteiger charge is 2.51. The van der Waals surface area contributed by atoms with E-state index in [0.717, 1.165) is 13.1 Å². The number of nitrogens with zero attached hydrogens (tertiary/aromatic N) is 2. The number of hydrogen-bond donors (Lipinski definition) is 1. The van der Waals surface area contributed by atoms with Crippen LogP contribution in [0.15, 0.2) is 0 Å². The van der Waals surface area contributed by atoms with Gasteiger partial charge in [-0.05, 0) is 19.9 Å². The van der Waals surface area contributed by atoms with E-state index in [1.165, 1.54) is 4.90 Å². The van der Waals surface area contributed by atoms with Crippen molar-refractivity contribution in [3.8, 4) is 0 Å². The number of thiocarbonyl (C=S) groups is 1. The third-order valence-corrected chi connectivity index (χ3v) is 4.45. The Morgan fingerprint density at radius 2 is 1.94 bits per heavy atom. The summed E-state index contributed by atoms with van der Waals surface area (Å²) in [5.41, 5.74) is 5.13. The lowest BCUT2D eigenvalue weighted by atomic mass is 9.85. The molecule has 2 rings (SSSR count). The lowest BCUT2D eigenvalue weighted by molar-refractivity contribution is -0.145. The monoisotopic (exact) mass is 269 g/mol. The molecular weight excluding hydrogens is 250 g/mol. The molecule has 2 amide bonds. The molecule has 1 unspecified atom stereocenters. The molecule has 100 valence electrons. The summed E-state index contributed by atoms with van der Waals surface area (Å²) in [7, 11) is 2.01. The normalized spacial score (nSPS) is 28.8. The van der Waals surface area contributed by atoms with E-state index < -0.39 is 5.54 Å². The first kappa shape index (κ1) is 13.4. The summed E-state index contributed by atoms with van der Waals surface area (Å²) in [4.78, 5) is 28.0. The van der Waals surface area contributed by atoms with Gasteiger partial charge >= 0.3 is 0 Å². The first-order valence-electron chi connectivity index (χ1n) is 6.24. The van der Waals surface area contributed by atoms with Crippen LogP contribution >= 0.6 is 12.2 Å². The van der Waals surface area contributed by atoms with E-state index in [4.69, 9.17) is 18.0 Å². The lowest BCUT2D eigenvalue weighted by Crippen LogP contribution is -2.63. The number of rotatable bonds is 2. The lowest BCUT2D eigenvalue weighted by Gasteiger charge is -2.45. The van der Waals surface area contributed by atoms with Crippen molar-refractivity contribution in [3.63, 3.8) is 0 Å². The third-order valence-electron chi connectivity index (χ3n) is 4.07. The first-order valence-corrected chi connectivity index (χ1v) is 6.64. The zero-order chi connectivity index (χ0) is 13.5. The van der Waals surface area contributed by atoms with Gasteiger partial charge in [-0.25, -0.2) is 0 Å². The Labute approximate surface area is 112 Å². The standard InChI is InChI=1S/C12H19N3O2S/c1-8-7-9(16)15(10(8)17)12(11(13)18)3-5-14(2)6-4-12/h8H,3-7H2,1-2H3,(H2,13,18). The van der Waals surface area contributed by atoms with Gasteiger partial charge < -0.3 is 10.6 Å². The van der Waals surface area contributed by atoms with Gasteiger partial charge in [-0.2, -0.15) is 0 Å². The number of likely N-dealkylation sites (tertiary alicyclic amines) is 2. The third kappa shape index (κ3) is 1.93. The highest BCUT2D eigenvalue weighted by molar-refractivity contribution is 7.80. The first-order chi connectivity index (χ1) is 8.38. The Hall–Kier alpha value is -1.01. The van der Waals surface area contributed by atoms with Crippen LogP contribution in [0.4, 0.5) is 0 Å². The fourth-order valence-electron chi connectivity index (χ4n) is 2.80. The largest absolute Gasteiger partial charge is 0.391 e. The van der Waals surface area contributed by atoms with Crippen LogP contribution in [-0.4, -0.2) is 52.3 Å². The number of amides is 2. The molecular formula is C12H19N3O2S. The zero-order valence-electron chi connectivity index (χ0n) is 10.8. The van der Waals surface area contributed by atoms with Crippen molar-refractivity contribution < 1.29 is 9.59 Å². The Morgan fingerprint density at radius 3 is 2.33 bits per heavy atom. The molecule has 2 aliphatic heterocycles. The van der Waals surface area contributed by atoms with E-state index in [0.29, 0.717) is 12.8 Å². The average Bonchev–Trinajstić information content (AvgIpc) is 2.55. The number of imide groups is 1. The molecule has 2 fully saturated rings. The van der Waals surface area contributed by atoms with Gasteiger partial charge in [0.1, 0.15) is 5.54 Å². The topological polar surface area (TPSA) is 66.6 Å². The van der Waals surface area contributed by atoms with Crippen molar-refractivity contribution in [1.29, 1.82) is 0 Å². The second-order valence-corrected chi connectivity index (χ2v) is 5.81. The van der Waals surface area contributed by atoms with E-state index in [-0.39, 0.29) is 29.1 Å². The predicted octanol–water partition coefficient (Wildman–Crippen LogP) is 0.132. The molecule has 0 spiro atoms. The van der Waals surface area contributed by atoms with Crippen molar-refractivity contribution in [2.75, 3.05) is 20.1 Å². The summed E-state index contributed by atoms with van der Waals surface area (Å²) in [5, 5.41) is 0. The van der Waals surface area contributed by atoms with E-state index in [9.17, 15) is 9.59 Å². The van der Waals surface area contributed by atoms with Crippen LogP contribution in [0.2, 0.25) is 0 Å². The van der Waals surface area contributed by atoms with Gasteiger partial charge in [0.2, 0.25) is 11.8 Å². The van der Waals surface area contributed by atoms with Crippen molar-refractivity contribution >= 4 is 29.0 Å². The number of piperidine rings is 1. The van der Waals surface area contributed by atoms with E-state index in [1.54, 1.807) is 6.92 Å². The summed E-state index contributed by atoms with van der Waals surface area (Å²) in [6.45, 7) is 3.37. The predicted molar refractivity (Wildman–Crippen MR) is 71.9 cm³/mol. The highest BCUT2D eigenvalue weighted by Crippen LogP contribution is 2.35. The molecule has 2 N–H and O–H groups in total. The maximum atomic E-state index is 12.2. The zero-order valence-corrected chi connectivity index (χ0v) is 11.6. The Kier molecular flexibility index (Phi) is 3.42. The number of hydrogen-bond acceptors (Lipinski definition) is 4. The minimum atomic E-state index is -0.735. The van der Waals surface area contributed by atoms with Gasteiger partial charge in [0.05, 0.1) is 4.99 Å². The number of nitrogens with two attached hydrogens (primary N) is 1. The van der Waals surface area contributed by atoms with Gasteiger partial charge in [-0.1, -0.05) is 19.1 Å². The van der Waals surface area contributed by atoms with Crippen molar-refractivity contribution in [1.82, 2.24) is 9.80 Å². The van der Waals surface area contributed by atoms with Crippen LogP contribution in [0, 0.1) is 5.92 Å². The molecule has 18 heavy (non-hydrogen) atoms. The summed E-state index contributed by atoms with van der Waals surface area (Å²) in [6, 6.07) is 0. The minimum absolute atomic E-state index is 0.127. The Bertz CT molecular complexity index is 402. The van der Waals surface area contributed by atoms with Crippen LogP contribution < -0.4 is 5.73 Å². The highest BCUT2D eigenvalue weighted by atomic mass is 32.1. The molecule has 0 aromatic heterocycles. The number of carbonyl (C=O) groups is 2. The molecule has 0 radical (unpaired) electrons. The van der Waals surface area contributed by atoms with Crippen molar-refractivity contribution in [3.05, 3.63) is 0 Å². The molecule has 2 heterocycles. The molecule has 2 aliphatic rings. The summed E-state index contributed by atoms with van der Waals surface area (Å²) in [6.07, 6.45) is 1.56. The van der Waals surface area contributed by atoms with E-state index in [2.05, 4.69) is 4.90 Å². The summed E-state index contributed by atoms with van der Waals surface area (Å²) >= 11 is 5.16.